The first kappa shape index (κ1) is 14.8. The molecule has 0 aromatic heterocycles. The number of halogens is 2. The molecular formula is C19H19F2NO. The van der Waals surface area contributed by atoms with E-state index in [1.54, 1.807) is 30.3 Å². The Balaban J connectivity index is 1.80. The summed E-state index contributed by atoms with van der Waals surface area (Å²) in [5.74, 6) is -0.549. The summed E-state index contributed by atoms with van der Waals surface area (Å²) in [5, 5.41) is 0. The molecule has 0 spiro atoms. The maximum absolute atomic E-state index is 14.4. The number of piperidine rings is 1. The first-order valence-electron chi connectivity index (χ1n) is 8.16. The zero-order valence-electron chi connectivity index (χ0n) is 12.8. The summed E-state index contributed by atoms with van der Waals surface area (Å²) < 4.78 is 34.9. The van der Waals surface area contributed by atoms with Crippen molar-refractivity contribution in [3.8, 4) is 0 Å². The topological polar surface area (TPSA) is 12.5 Å². The molecule has 2 aromatic carbocycles. The largest absolute Gasteiger partial charge is 0.353 e. The molecule has 0 bridgehead atoms. The summed E-state index contributed by atoms with van der Waals surface area (Å²) in [6, 6.07) is 13.1. The van der Waals surface area contributed by atoms with Crippen LogP contribution in [-0.4, -0.2) is 17.7 Å². The maximum Gasteiger partial charge on any atom is 0.129 e. The fourth-order valence-electron chi connectivity index (χ4n) is 3.81. The lowest BCUT2D eigenvalue weighted by atomic mass is 9.93. The molecule has 2 aliphatic rings. The van der Waals surface area contributed by atoms with Gasteiger partial charge in [-0.3, -0.25) is 4.90 Å². The third kappa shape index (κ3) is 2.56. The van der Waals surface area contributed by atoms with Crippen molar-refractivity contribution in [1.29, 1.82) is 0 Å². The molecule has 0 aliphatic carbocycles. The molecule has 2 saturated heterocycles. The summed E-state index contributed by atoms with van der Waals surface area (Å²) in [4.78, 5) is 2.19. The van der Waals surface area contributed by atoms with E-state index in [1.165, 1.54) is 12.1 Å². The van der Waals surface area contributed by atoms with Crippen molar-refractivity contribution in [1.82, 2.24) is 4.90 Å². The van der Waals surface area contributed by atoms with Crippen molar-refractivity contribution in [3.05, 3.63) is 71.3 Å². The first-order chi connectivity index (χ1) is 11.3. The second kappa shape index (κ2) is 6.02. The lowest BCUT2D eigenvalue weighted by Crippen LogP contribution is -2.36. The van der Waals surface area contributed by atoms with Gasteiger partial charge in [-0.1, -0.05) is 36.4 Å². The molecule has 0 N–H and O–H groups in total. The lowest BCUT2D eigenvalue weighted by Gasteiger charge is -2.32. The number of fused-ring (bicyclic) bond motifs is 1. The van der Waals surface area contributed by atoms with Crippen molar-refractivity contribution in [3.63, 3.8) is 0 Å². The number of hydrogen-bond donors (Lipinski definition) is 0. The Labute approximate surface area is 134 Å². The van der Waals surface area contributed by atoms with Crippen molar-refractivity contribution in [2.45, 2.75) is 37.6 Å². The molecule has 2 fully saturated rings. The van der Waals surface area contributed by atoms with Gasteiger partial charge in [0.15, 0.2) is 0 Å². The number of benzene rings is 2. The van der Waals surface area contributed by atoms with E-state index in [1.807, 2.05) is 6.07 Å². The standard InChI is InChI=1S/C19H19F2NO/c20-15-9-3-1-7-13(15)18-19(14-8-2-4-10-16(14)21)23-17-11-5-6-12-22(17)18/h1-4,7-10,17-19H,5-6,11-12H2. The van der Waals surface area contributed by atoms with Gasteiger partial charge in [-0.05, 0) is 31.4 Å². The molecule has 2 nitrogen and oxygen atoms in total. The Kier molecular flexibility index (Phi) is 3.87. The molecule has 4 rings (SSSR count). The highest BCUT2D eigenvalue weighted by Crippen LogP contribution is 2.48. The van der Waals surface area contributed by atoms with Crippen molar-refractivity contribution >= 4 is 0 Å². The summed E-state index contributed by atoms with van der Waals surface area (Å²) >= 11 is 0. The Morgan fingerprint density at radius 1 is 0.870 bits per heavy atom. The minimum absolute atomic E-state index is 0.0574. The van der Waals surface area contributed by atoms with Gasteiger partial charge in [0.25, 0.3) is 0 Å². The van der Waals surface area contributed by atoms with Crippen molar-refractivity contribution in [2.24, 2.45) is 0 Å². The van der Waals surface area contributed by atoms with E-state index < -0.39 is 6.10 Å². The van der Waals surface area contributed by atoms with Crippen LogP contribution >= 0.6 is 0 Å². The Morgan fingerprint density at radius 3 is 2.22 bits per heavy atom. The van der Waals surface area contributed by atoms with E-state index in [4.69, 9.17) is 4.74 Å². The highest BCUT2D eigenvalue weighted by molar-refractivity contribution is 5.30. The summed E-state index contributed by atoms with van der Waals surface area (Å²) in [6.45, 7) is 0.856. The Bertz CT molecular complexity index is 705. The molecule has 4 heteroatoms. The number of nitrogens with zero attached hydrogens (tertiary/aromatic N) is 1. The molecular weight excluding hydrogens is 296 g/mol. The monoisotopic (exact) mass is 315 g/mol. The number of hydrogen-bond acceptors (Lipinski definition) is 2. The van der Waals surface area contributed by atoms with Gasteiger partial charge in [0.05, 0.1) is 6.04 Å². The zero-order chi connectivity index (χ0) is 15.8. The average Bonchev–Trinajstić information content (AvgIpc) is 2.95. The van der Waals surface area contributed by atoms with Gasteiger partial charge in [-0.2, -0.15) is 0 Å². The SMILES string of the molecule is Fc1ccccc1C1OC2CCCCN2C1c1ccccc1F. The van der Waals surface area contributed by atoms with Crippen LogP contribution in [0.3, 0.4) is 0 Å². The lowest BCUT2D eigenvalue weighted by molar-refractivity contribution is -0.0213. The van der Waals surface area contributed by atoms with Crippen LogP contribution in [0.2, 0.25) is 0 Å². The van der Waals surface area contributed by atoms with Gasteiger partial charge in [-0.15, -0.1) is 0 Å². The van der Waals surface area contributed by atoms with Crippen LogP contribution in [0.25, 0.3) is 0 Å². The number of ether oxygens (including phenoxy) is 1. The van der Waals surface area contributed by atoms with Gasteiger partial charge in [0.2, 0.25) is 0 Å². The molecule has 0 saturated carbocycles. The second-order valence-corrected chi connectivity index (χ2v) is 6.23. The Morgan fingerprint density at radius 2 is 1.52 bits per heavy atom. The van der Waals surface area contributed by atoms with E-state index >= 15 is 0 Å². The van der Waals surface area contributed by atoms with E-state index in [2.05, 4.69) is 4.90 Å². The number of rotatable bonds is 2. The average molecular weight is 315 g/mol. The molecule has 2 aromatic rings. The fraction of sp³-hybridized carbons (Fsp3) is 0.368. The van der Waals surface area contributed by atoms with E-state index in [9.17, 15) is 8.78 Å². The third-order valence-electron chi connectivity index (χ3n) is 4.87. The molecule has 3 unspecified atom stereocenters. The summed E-state index contributed by atoms with van der Waals surface area (Å²) in [6.07, 6.45) is 2.54. The molecule has 0 amide bonds. The predicted molar refractivity (Wildman–Crippen MR) is 83.7 cm³/mol. The van der Waals surface area contributed by atoms with Gasteiger partial charge in [0.1, 0.15) is 24.0 Å². The Hall–Kier alpha value is -1.78. The minimum Gasteiger partial charge on any atom is -0.353 e. The van der Waals surface area contributed by atoms with E-state index in [0.717, 1.165) is 25.8 Å². The van der Waals surface area contributed by atoms with Crippen LogP contribution in [0.5, 0.6) is 0 Å². The molecule has 3 atom stereocenters. The molecule has 120 valence electrons. The highest BCUT2D eigenvalue weighted by atomic mass is 19.1. The molecule has 0 radical (unpaired) electrons. The molecule has 2 heterocycles. The predicted octanol–water partition coefficient (Wildman–Crippen LogP) is 4.59. The smallest absolute Gasteiger partial charge is 0.129 e. The van der Waals surface area contributed by atoms with Crippen LogP contribution in [0, 0.1) is 11.6 Å². The van der Waals surface area contributed by atoms with Gasteiger partial charge in [0, 0.05) is 17.7 Å². The zero-order valence-corrected chi connectivity index (χ0v) is 12.8. The highest BCUT2D eigenvalue weighted by Gasteiger charge is 2.46. The van der Waals surface area contributed by atoms with Crippen LogP contribution in [0.4, 0.5) is 8.78 Å². The first-order valence-corrected chi connectivity index (χ1v) is 8.16. The van der Waals surface area contributed by atoms with Crippen LogP contribution < -0.4 is 0 Å². The summed E-state index contributed by atoms with van der Waals surface area (Å²) in [5.41, 5.74) is 1.10. The van der Waals surface area contributed by atoms with Crippen LogP contribution in [0.15, 0.2) is 48.5 Å². The van der Waals surface area contributed by atoms with Gasteiger partial charge >= 0.3 is 0 Å². The van der Waals surface area contributed by atoms with Gasteiger partial charge in [-0.25, -0.2) is 8.78 Å². The summed E-state index contributed by atoms with van der Waals surface area (Å²) in [7, 11) is 0. The van der Waals surface area contributed by atoms with Crippen LogP contribution in [-0.2, 0) is 4.74 Å². The van der Waals surface area contributed by atoms with E-state index in [0.29, 0.717) is 11.1 Å². The van der Waals surface area contributed by atoms with Crippen molar-refractivity contribution in [2.75, 3.05) is 6.54 Å². The normalized spacial score (nSPS) is 27.8. The van der Waals surface area contributed by atoms with Crippen LogP contribution in [0.1, 0.15) is 42.5 Å². The molecule has 2 aliphatic heterocycles. The maximum atomic E-state index is 14.4. The van der Waals surface area contributed by atoms with Gasteiger partial charge < -0.3 is 4.74 Å². The second-order valence-electron chi connectivity index (χ2n) is 6.23. The van der Waals surface area contributed by atoms with E-state index in [-0.39, 0.29) is 23.9 Å². The quantitative estimate of drug-likeness (QED) is 0.804. The molecule has 23 heavy (non-hydrogen) atoms. The fourth-order valence-corrected chi connectivity index (χ4v) is 3.81. The third-order valence-corrected chi connectivity index (χ3v) is 4.87. The minimum atomic E-state index is -0.476. The van der Waals surface area contributed by atoms with Crippen molar-refractivity contribution < 1.29 is 13.5 Å².